The Balaban J connectivity index is 2.38. The lowest BCUT2D eigenvalue weighted by Gasteiger charge is -2.15. The van der Waals surface area contributed by atoms with Gasteiger partial charge >= 0.3 is 0 Å². The zero-order chi connectivity index (χ0) is 14.7. The summed E-state index contributed by atoms with van der Waals surface area (Å²) >= 11 is 0. The van der Waals surface area contributed by atoms with E-state index in [1.807, 2.05) is 0 Å². The number of benzene rings is 2. The smallest absolute Gasteiger partial charge is 0.132 e. The van der Waals surface area contributed by atoms with Gasteiger partial charge in [-0.3, -0.25) is 0 Å². The number of methoxy groups -OCH3 is 2. The largest absolute Gasteiger partial charge is 0.497 e. The molecule has 2 aromatic rings. The molecular weight excluding hydrogens is 264 g/mol. The molecule has 2 rings (SSSR count). The third kappa shape index (κ3) is 2.72. The average Bonchev–Trinajstić information content (AvgIpc) is 2.46. The van der Waals surface area contributed by atoms with E-state index in [1.165, 1.54) is 38.5 Å². The molecule has 3 nitrogen and oxygen atoms in total. The normalized spacial score (nSPS) is 10.7. The minimum Gasteiger partial charge on any atom is -0.497 e. The fourth-order valence-corrected chi connectivity index (χ4v) is 1.94. The number of hydrogen-bond donors (Lipinski definition) is 1. The van der Waals surface area contributed by atoms with Crippen molar-refractivity contribution in [2.45, 2.75) is 6.04 Å². The molecular formula is C15H15F2NO2. The summed E-state index contributed by atoms with van der Waals surface area (Å²) in [6, 6.07) is 7.68. The Morgan fingerprint density at radius 1 is 0.850 bits per heavy atom. The molecule has 106 valence electrons. The first-order valence-corrected chi connectivity index (χ1v) is 5.99. The lowest BCUT2D eigenvalue weighted by molar-refractivity contribution is 0.409. The van der Waals surface area contributed by atoms with Crippen LogP contribution >= 0.6 is 0 Å². The standard InChI is InChI=1S/C15H15F2NO2/c1-19-9-3-5-11(13(16)7-9)15(18)12-6-4-10(20-2)8-14(12)17/h3-8,15H,18H2,1-2H3. The average molecular weight is 279 g/mol. The first-order chi connectivity index (χ1) is 9.56. The second kappa shape index (κ2) is 5.88. The second-order valence-corrected chi connectivity index (χ2v) is 4.25. The Kier molecular flexibility index (Phi) is 4.20. The molecule has 0 fully saturated rings. The van der Waals surface area contributed by atoms with E-state index < -0.39 is 17.7 Å². The van der Waals surface area contributed by atoms with Crippen LogP contribution in [-0.4, -0.2) is 14.2 Å². The van der Waals surface area contributed by atoms with Gasteiger partial charge in [0.2, 0.25) is 0 Å². The Bertz CT molecular complexity index is 563. The number of rotatable bonds is 4. The van der Waals surface area contributed by atoms with Gasteiger partial charge in [-0.1, -0.05) is 12.1 Å². The van der Waals surface area contributed by atoms with Crippen molar-refractivity contribution in [3.8, 4) is 11.5 Å². The summed E-state index contributed by atoms with van der Waals surface area (Å²) in [4.78, 5) is 0. The molecule has 2 aromatic carbocycles. The van der Waals surface area contributed by atoms with Gasteiger partial charge in [0.25, 0.3) is 0 Å². The molecule has 0 saturated heterocycles. The summed E-state index contributed by atoms with van der Waals surface area (Å²) in [6.45, 7) is 0. The summed E-state index contributed by atoms with van der Waals surface area (Å²) in [7, 11) is 2.88. The number of nitrogens with two attached hydrogens (primary N) is 1. The number of hydrogen-bond acceptors (Lipinski definition) is 3. The summed E-state index contributed by atoms with van der Waals surface area (Å²) in [5.41, 5.74) is 6.35. The van der Waals surface area contributed by atoms with Gasteiger partial charge in [-0.2, -0.15) is 0 Å². The Morgan fingerprint density at radius 3 is 1.55 bits per heavy atom. The summed E-state index contributed by atoms with van der Waals surface area (Å²) < 4.78 is 37.7. The van der Waals surface area contributed by atoms with Gasteiger partial charge in [0, 0.05) is 23.3 Å². The molecule has 0 aromatic heterocycles. The number of halogens is 2. The van der Waals surface area contributed by atoms with E-state index in [4.69, 9.17) is 15.2 Å². The van der Waals surface area contributed by atoms with Crippen LogP contribution in [0.1, 0.15) is 17.2 Å². The second-order valence-electron chi connectivity index (χ2n) is 4.25. The highest BCUT2D eigenvalue weighted by molar-refractivity contribution is 5.39. The van der Waals surface area contributed by atoms with Gasteiger partial charge < -0.3 is 15.2 Å². The Hall–Kier alpha value is -2.14. The first kappa shape index (κ1) is 14.3. The predicted molar refractivity (Wildman–Crippen MR) is 71.9 cm³/mol. The van der Waals surface area contributed by atoms with Gasteiger partial charge in [0.05, 0.1) is 20.3 Å². The molecule has 0 amide bonds. The van der Waals surface area contributed by atoms with Crippen LogP contribution in [-0.2, 0) is 0 Å². The Morgan fingerprint density at radius 2 is 1.25 bits per heavy atom. The van der Waals surface area contributed by atoms with Crippen LogP contribution < -0.4 is 15.2 Å². The maximum absolute atomic E-state index is 13.9. The minimum atomic E-state index is -0.896. The molecule has 2 N–H and O–H groups in total. The van der Waals surface area contributed by atoms with E-state index in [9.17, 15) is 8.78 Å². The predicted octanol–water partition coefficient (Wildman–Crippen LogP) is 3.03. The Labute approximate surface area is 115 Å². The van der Waals surface area contributed by atoms with E-state index in [1.54, 1.807) is 12.1 Å². The summed E-state index contributed by atoms with van der Waals surface area (Å²) in [5.74, 6) is -0.304. The number of ether oxygens (including phenoxy) is 2. The molecule has 20 heavy (non-hydrogen) atoms. The van der Waals surface area contributed by atoms with Crippen molar-refractivity contribution >= 4 is 0 Å². The maximum Gasteiger partial charge on any atom is 0.132 e. The van der Waals surface area contributed by atoms with E-state index in [0.717, 1.165) is 0 Å². The van der Waals surface area contributed by atoms with Crippen molar-refractivity contribution in [2.75, 3.05) is 14.2 Å². The van der Waals surface area contributed by atoms with Crippen molar-refractivity contribution in [2.24, 2.45) is 5.73 Å². The molecule has 0 heterocycles. The molecule has 0 saturated carbocycles. The first-order valence-electron chi connectivity index (χ1n) is 5.99. The van der Waals surface area contributed by atoms with Crippen LogP contribution in [0.4, 0.5) is 8.78 Å². The van der Waals surface area contributed by atoms with Gasteiger partial charge in [-0.15, -0.1) is 0 Å². The fraction of sp³-hybridized carbons (Fsp3) is 0.200. The molecule has 0 bridgehead atoms. The SMILES string of the molecule is COc1ccc(C(N)c2ccc(OC)cc2F)c(F)c1. The van der Waals surface area contributed by atoms with Crippen LogP contribution in [0.3, 0.4) is 0 Å². The van der Waals surface area contributed by atoms with E-state index >= 15 is 0 Å². The highest BCUT2D eigenvalue weighted by atomic mass is 19.1. The molecule has 5 heteroatoms. The van der Waals surface area contributed by atoms with Crippen molar-refractivity contribution < 1.29 is 18.3 Å². The molecule has 0 aliphatic heterocycles. The summed E-state index contributed by atoms with van der Waals surface area (Å²) in [5, 5.41) is 0. The lowest BCUT2D eigenvalue weighted by atomic mass is 9.98. The van der Waals surface area contributed by atoms with Crippen molar-refractivity contribution in [3.63, 3.8) is 0 Å². The molecule has 0 aliphatic rings. The molecule has 0 aliphatic carbocycles. The van der Waals surface area contributed by atoms with E-state index in [-0.39, 0.29) is 11.1 Å². The highest BCUT2D eigenvalue weighted by Crippen LogP contribution is 2.28. The van der Waals surface area contributed by atoms with Crippen LogP contribution in [0, 0.1) is 11.6 Å². The quantitative estimate of drug-likeness (QED) is 0.935. The van der Waals surface area contributed by atoms with Gasteiger partial charge in [-0.05, 0) is 12.1 Å². The summed E-state index contributed by atoms with van der Waals surface area (Å²) in [6.07, 6.45) is 0. The lowest BCUT2D eigenvalue weighted by Crippen LogP contribution is -2.15. The molecule has 0 spiro atoms. The minimum absolute atomic E-state index is 0.204. The van der Waals surface area contributed by atoms with E-state index in [0.29, 0.717) is 11.5 Å². The van der Waals surface area contributed by atoms with Crippen LogP contribution in [0.15, 0.2) is 36.4 Å². The maximum atomic E-state index is 13.9. The zero-order valence-electron chi connectivity index (χ0n) is 11.2. The van der Waals surface area contributed by atoms with Crippen LogP contribution in [0.25, 0.3) is 0 Å². The van der Waals surface area contributed by atoms with Gasteiger partial charge in [0.15, 0.2) is 0 Å². The topological polar surface area (TPSA) is 44.5 Å². The van der Waals surface area contributed by atoms with E-state index in [2.05, 4.69) is 0 Å². The van der Waals surface area contributed by atoms with Gasteiger partial charge in [0.1, 0.15) is 23.1 Å². The van der Waals surface area contributed by atoms with Gasteiger partial charge in [-0.25, -0.2) is 8.78 Å². The third-order valence-electron chi connectivity index (χ3n) is 3.09. The highest BCUT2D eigenvalue weighted by Gasteiger charge is 2.18. The molecule has 0 atom stereocenters. The molecule has 0 unspecified atom stereocenters. The fourth-order valence-electron chi connectivity index (χ4n) is 1.94. The monoisotopic (exact) mass is 279 g/mol. The molecule has 0 radical (unpaired) electrons. The zero-order valence-corrected chi connectivity index (χ0v) is 11.2. The van der Waals surface area contributed by atoms with Crippen molar-refractivity contribution in [1.82, 2.24) is 0 Å². The van der Waals surface area contributed by atoms with Crippen molar-refractivity contribution in [1.29, 1.82) is 0 Å². The van der Waals surface area contributed by atoms with Crippen LogP contribution in [0.2, 0.25) is 0 Å². The third-order valence-corrected chi connectivity index (χ3v) is 3.09. The van der Waals surface area contributed by atoms with Crippen molar-refractivity contribution in [3.05, 3.63) is 59.2 Å². The van der Waals surface area contributed by atoms with Crippen LogP contribution in [0.5, 0.6) is 11.5 Å².